The second-order valence-electron chi connectivity index (χ2n) is 4.75. The molecule has 1 heterocycles. The SMILES string of the molecule is O=C(O)[C@@H]1CCCN(C(=O)NCC2CC2)C1. The Hall–Kier alpha value is -1.26. The molecule has 2 amide bonds. The summed E-state index contributed by atoms with van der Waals surface area (Å²) in [6.45, 7) is 1.78. The summed E-state index contributed by atoms with van der Waals surface area (Å²) in [6, 6.07) is -0.0992. The number of hydrogen-bond acceptors (Lipinski definition) is 2. The zero-order valence-electron chi connectivity index (χ0n) is 9.32. The van der Waals surface area contributed by atoms with Crippen molar-refractivity contribution in [3.05, 3.63) is 0 Å². The number of aliphatic carboxylic acids is 1. The summed E-state index contributed by atoms with van der Waals surface area (Å²) in [7, 11) is 0. The second kappa shape index (κ2) is 4.72. The highest BCUT2D eigenvalue weighted by Crippen LogP contribution is 2.27. The molecular weight excluding hydrogens is 208 g/mol. The normalized spacial score (nSPS) is 25.2. The number of amides is 2. The van der Waals surface area contributed by atoms with Gasteiger partial charge in [0.25, 0.3) is 0 Å². The summed E-state index contributed by atoms with van der Waals surface area (Å²) in [5.74, 6) is -0.524. The zero-order chi connectivity index (χ0) is 11.5. The molecule has 90 valence electrons. The molecule has 5 heteroatoms. The van der Waals surface area contributed by atoms with Crippen molar-refractivity contribution in [2.45, 2.75) is 25.7 Å². The third-order valence-corrected chi connectivity index (χ3v) is 3.30. The average Bonchev–Trinajstić information content (AvgIpc) is 3.10. The van der Waals surface area contributed by atoms with Crippen LogP contribution in [0.2, 0.25) is 0 Å². The lowest BCUT2D eigenvalue weighted by molar-refractivity contribution is -0.143. The molecule has 0 aromatic heterocycles. The molecule has 0 radical (unpaired) electrons. The first kappa shape index (κ1) is 11.2. The van der Waals surface area contributed by atoms with E-state index in [-0.39, 0.29) is 11.9 Å². The van der Waals surface area contributed by atoms with Gasteiger partial charge in [-0.1, -0.05) is 0 Å². The summed E-state index contributed by atoms with van der Waals surface area (Å²) >= 11 is 0. The van der Waals surface area contributed by atoms with Crippen molar-refractivity contribution in [2.24, 2.45) is 11.8 Å². The highest BCUT2D eigenvalue weighted by molar-refractivity contribution is 5.76. The molecule has 1 aliphatic heterocycles. The highest BCUT2D eigenvalue weighted by Gasteiger charge is 2.29. The maximum atomic E-state index is 11.7. The molecule has 1 saturated carbocycles. The lowest BCUT2D eigenvalue weighted by Gasteiger charge is -2.30. The van der Waals surface area contributed by atoms with Gasteiger partial charge in [-0.15, -0.1) is 0 Å². The summed E-state index contributed by atoms with van der Waals surface area (Å²) < 4.78 is 0. The number of nitrogens with one attached hydrogen (secondary N) is 1. The zero-order valence-corrected chi connectivity index (χ0v) is 9.32. The minimum Gasteiger partial charge on any atom is -0.481 e. The van der Waals surface area contributed by atoms with Gasteiger partial charge in [0.2, 0.25) is 0 Å². The number of nitrogens with zero attached hydrogens (tertiary/aromatic N) is 1. The van der Waals surface area contributed by atoms with Crippen LogP contribution in [0.5, 0.6) is 0 Å². The number of carbonyl (C=O) groups is 2. The van der Waals surface area contributed by atoms with Gasteiger partial charge in [0.1, 0.15) is 0 Å². The summed E-state index contributed by atoms with van der Waals surface area (Å²) in [5, 5.41) is 11.8. The number of rotatable bonds is 3. The van der Waals surface area contributed by atoms with Crippen molar-refractivity contribution in [1.82, 2.24) is 10.2 Å². The molecule has 0 spiro atoms. The molecule has 0 aromatic carbocycles. The Kier molecular flexibility index (Phi) is 3.31. The molecule has 0 bridgehead atoms. The molecule has 1 saturated heterocycles. The van der Waals surface area contributed by atoms with Crippen LogP contribution in [-0.4, -0.2) is 41.6 Å². The molecule has 2 rings (SSSR count). The first-order valence-electron chi connectivity index (χ1n) is 5.92. The fourth-order valence-corrected chi connectivity index (χ4v) is 2.03. The second-order valence-corrected chi connectivity index (χ2v) is 4.75. The van der Waals surface area contributed by atoms with Gasteiger partial charge in [-0.3, -0.25) is 4.79 Å². The lowest BCUT2D eigenvalue weighted by Crippen LogP contribution is -2.47. The Morgan fingerprint density at radius 1 is 1.31 bits per heavy atom. The van der Waals surface area contributed by atoms with Gasteiger partial charge in [0, 0.05) is 19.6 Å². The summed E-state index contributed by atoms with van der Waals surface area (Å²) in [5.41, 5.74) is 0. The first-order chi connectivity index (χ1) is 7.66. The molecule has 1 aliphatic carbocycles. The van der Waals surface area contributed by atoms with Crippen LogP contribution in [0.4, 0.5) is 4.79 Å². The number of urea groups is 1. The Morgan fingerprint density at radius 3 is 2.69 bits per heavy atom. The molecule has 2 N–H and O–H groups in total. The molecule has 0 aromatic rings. The van der Waals surface area contributed by atoms with E-state index >= 15 is 0 Å². The number of hydrogen-bond donors (Lipinski definition) is 2. The molecule has 0 unspecified atom stereocenters. The van der Waals surface area contributed by atoms with Crippen LogP contribution in [0.1, 0.15) is 25.7 Å². The number of carbonyl (C=O) groups excluding carboxylic acids is 1. The van der Waals surface area contributed by atoms with Crippen LogP contribution in [0.3, 0.4) is 0 Å². The Balaban J connectivity index is 1.78. The summed E-state index contributed by atoms with van der Waals surface area (Å²) in [4.78, 5) is 24.2. The van der Waals surface area contributed by atoms with E-state index in [4.69, 9.17) is 5.11 Å². The van der Waals surface area contributed by atoms with Crippen molar-refractivity contribution in [3.8, 4) is 0 Å². The Labute approximate surface area is 94.8 Å². The van der Waals surface area contributed by atoms with E-state index in [2.05, 4.69) is 5.32 Å². The fourth-order valence-electron chi connectivity index (χ4n) is 2.03. The number of carboxylic acids is 1. The van der Waals surface area contributed by atoms with Gasteiger partial charge in [-0.05, 0) is 31.6 Å². The molecule has 1 atom stereocenters. The molecular formula is C11H18N2O3. The number of likely N-dealkylation sites (tertiary alicyclic amines) is 1. The van der Waals surface area contributed by atoms with Crippen molar-refractivity contribution in [3.63, 3.8) is 0 Å². The van der Waals surface area contributed by atoms with Gasteiger partial charge in [0.15, 0.2) is 0 Å². The van der Waals surface area contributed by atoms with Crippen LogP contribution >= 0.6 is 0 Å². The number of piperidine rings is 1. The summed E-state index contributed by atoms with van der Waals surface area (Å²) in [6.07, 6.45) is 3.88. The molecule has 2 fully saturated rings. The maximum absolute atomic E-state index is 11.7. The van der Waals surface area contributed by atoms with Gasteiger partial charge in [-0.25, -0.2) is 4.79 Å². The van der Waals surface area contributed by atoms with Crippen molar-refractivity contribution >= 4 is 12.0 Å². The van der Waals surface area contributed by atoms with Crippen molar-refractivity contribution in [1.29, 1.82) is 0 Å². The van der Waals surface area contributed by atoms with E-state index in [1.165, 1.54) is 12.8 Å². The minimum atomic E-state index is -0.792. The van der Waals surface area contributed by atoms with E-state index in [9.17, 15) is 9.59 Å². The third kappa shape index (κ3) is 2.87. The van der Waals surface area contributed by atoms with Crippen LogP contribution in [0, 0.1) is 11.8 Å². The molecule has 5 nitrogen and oxygen atoms in total. The molecule has 2 aliphatic rings. The van der Waals surface area contributed by atoms with E-state index in [0.29, 0.717) is 25.4 Å². The van der Waals surface area contributed by atoms with Crippen LogP contribution in [0.25, 0.3) is 0 Å². The smallest absolute Gasteiger partial charge is 0.317 e. The van der Waals surface area contributed by atoms with Crippen LogP contribution in [-0.2, 0) is 4.79 Å². The predicted octanol–water partition coefficient (Wildman–Crippen LogP) is 0.903. The minimum absolute atomic E-state index is 0.0992. The first-order valence-corrected chi connectivity index (χ1v) is 5.92. The lowest BCUT2D eigenvalue weighted by atomic mass is 9.99. The van der Waals surface area contributed by atoms with Gasteiger partial charge < -0.3 is 15.3 Å². The highest BCUT2D eigenvalue weighted by atomic mass is 16.4. The monoisotopic (exact) mass is 226 g/mol. The Bertz CT molecular complexity index is 289. The van der Waals surface area contributed by atoms with E-state index < -0.39 is 5.97 Å². The van der Waals surface area contributed by atoms with Gasteiger partial charge >= 0.3 is 12.0 Å². The predicted molar refractivity (Wildman–Crippen MR) is 58.1 cm³/mol. The fraction of sp³-hybridized carbons (Fsp3) is 0.818. The topological polar surface area (TPSA) is 69.6 Å². The van der Waals surface area contributed by atoms with Crippen LogP contribution in [0.15, 0.2) is 0 Å². The number of carboxylic acid groups (broad SMARTS) is 1. The Morgan fingerprint density at radius 2 is 2.06 bits per heavy atom. The largest absolute Gasteiger partial charge is 0.481 e. The van der Waals surface area contributed by atoms with E-state index in [1.54, 1.807) is 4.90 Å². The van der Waals surface area contributed by atoms with Gasteiger partial charge in [-0.2, -0.15) is 0 Å². The van der Waals surface area contributed by atoms with E-state index in [0.717, 1.165) is 13.0 Å². The quantitative estimate of drug-likeness (QED) is 0.751. The third-order valence-electron chi connectivity index (χ3n) is 3.30. The average molecular weight is 226 g/mol. The molecule has 16 heavy (non-hydrogen) atoms. The van der Waals surface area contributed by atoms with Crippen LogP contribution < -0.4 is 5.32 Å². The van der Waals surface area contributed by atoms with Gasteiger partial charge in [0.05, 0.1) is 5.92 Å². The van der Waals surface area contributed by atoms with E-state index in [1.807, 2.05) is 0 Å². The standard InChI is InChI=1S/C11H18N2O3/c14-10(15)9-2-1-5-13(7-9)11(16)12-6-8-3-4-8/h8-9H,1-7H2,(H,12,16)(H,14,15)/t9-/m1/s1. The van der Waals surface area contributed by atoms with Crippen molar-refractivity contribution < 1.29 is 14.7 Å². The van der Waals surface area contributed by atoms with Crippen molar-refractivity contribution in [2.75, 3.05) is 19.6 Å². The maximum Gasteiger partial charge on any atom is 0.317 e.